The number of nitrogens with zero attached hydrogens (tertiary/aromatic N) is 1. The Labute approximate surface area is 125 Å². The fourth-order valence-electron chi connectivity index (χ4n) is 1.99. The zero-order chi connectivity index (χ0) is 15.1. The first-order valence-corrected chi connectivity index (χ1v) is 6.79. The van der Waals surface area contributed by atoms with Gasteiger partial charge in [0.2, 0.25) is 0 Å². The summed E-state index contributed by atoms with van der Waals surface area (Å²) in [5, 5.41) is 3.98. The van der Waals surface area contributed by atoms with Gasteiger partial charge in [-0.15, -0.1) is 0 Å². The van der Waals surface area contributed by atoms with Gasteiger partial charge in [0.25, 0.3) is 0 Å². The molecular weight excluding hydrogens is 264 g/mol. The third kappa shape index (κ3) is 4.24. The predicted octanol–water partition coefficient (Wildman–Crippen LogP) is 3.14. The van der Waals surface area contributed by atoms with Crippen molar-refractivity contribution in [2.75, 3.05) is 14.2 Å². The standard InChI is InChI=1S/C17H20N2O2/c1-13-5-4-6-15(9-13)12-21-16-8-7-14(11-19-18-2)10-17(16)20-3/h4-11,18H,12H2,1-3H3/b19-11+. The number of hydrogen-bond acceptors (Lipinski definition) is 4. The maximum Gasteiger partial charge on any atom is 0.161 e. The number of methoxy groups -OCH3 is 1. The van der Waals surface area contributed by atoms with Gasteiger partial charge >= 0.3 is 0 Å². The summed E-state index contributed by atoms with van der Waals surface area (Å²) in [6.45, 7) is 2.59. The van der Waals surface area contributed by atoms with Gasteiger partial charge in [-0.05, 0) is 36.2 Å². The monoisotopic (exact) mass is 284 g/mol. The van der Waals surface area contributed by atoms with Gasteiger partial charge in [-0.1, -0.05) is 29.8 Å². The van der Waals surface area contributed by atoms with Gasteiger partial charge in [-0.25, -0.2) is 0 Å². The smallest absolute Gasteiger partial charge is 0.161 e. The Bertz CT molecular complexity index is 624. The molecule has 4 nitrogen and oxygen atoms in total. The second-order valence-corrected chi connectivity index (χ2v) is 4.67. The summed E-state index contributed by atoms with van der Waals surface area (Å²) in [6.07, 6.45) is 1.73. The van der Waals surface area contributed by atoms with Crippen molar-refractivity contribution in [2.45, 2.75) is 13.5 Å². The summed E-state index contributed by atoms with van der Waals surface area (Å²) in [5.74, 6) is 1.42. The Balaban J connectivity index is 2.10. The first kappa shape index (κ1) is 14.9. The van der Waals surface area contributed by atoms with E-state index >= 15 is 0 Å². The number of benzene rings is 2. The predicted molar refractivity (Wildman–Crippen MR) is 85.2 cm³/mol. The molecule has 2 aromatic rings. The van der Waals surface area contributed by atoms with Gasteiger partial charge in [-0.3, -0.25) is 0 Å². The summed E-state index contributed by atoms with van der Waals surface area (Å²) in [7, 11) is 3.39. The lowest BCUT2D eigenvalue weighted by molar-refractivity contribution is 0.284. The minimum absolute atomic E-state index is 0.516. The molecule has 0 saturated heterocycles. The Morgan fingerprint density at radius 2 is 2.00 bits per heavy atom. The SMILES string of the molecule is CN/N=C/c1ccc(OCc2cccc(C)c2)c(OC)c1. The van der Waals surface area contributed by atoms with Crippen molar-refractivity contribution in [3.05, 3.63) is 59.2 Å². The van der Waals surface area contributed by atoms with Gasteiger partial charge in [-0.2, -0.15) is 5.10 Å². The summed E-state index contributed by atoms with van der Waals surface area (Å²) in [5.41, 5.74) is 6.03. The van der Waals surface area contributed by atoms with Crippen LogP contribution in [0.15, 0.2) is 47.6 Å². The van der Waals surface area contributed by atoms with Crippen LogP contribution in [-0.4, -0.2) is 20.4 Å². The van der Waals surface area contributed by atoms with E-state index in [0.717, 1.165) is 16.9 Å². The summed E-state index contributed by atoms with van der Waals surface area (Å²) >= 11 is 0. The topological polar surface area (TPSA) is 42.9 Å². The van der Waals surface area contributed by atoms with E-state index in [4.69, 9.17) is 9.47 Å². The second kappa shape index (κ2) is 7.33. The molecule has 0 aliphatic rings. The van der Waals surface area contributed by atoms with Gasteiger partial charge < -0.3 is 14.9 Å². The van der Waals surface area contributed by atoms with Gasteiger partial charge in [0.1, 0.15) is 6.61 Å². The number of aryl methyl sites for hydroxylation is 1. The highest BCUT2D eigenvalue weighted by molar-refractivity contribution is 5.80. The van der Waals surface area contributed by atoms with Crippen LogP contribution in [0, 0.1) is 6.92 Å². The maximum absolute atomic E-state index is 5.84. The lowest BCUT2D eigenvalue weighted by Crippen LogP contribution is -1.99. The molecule has 1 N–H and O–H groups in total. The maximum atomic E-state index is 5.84. The van der Waals surface area contributed by atoms with E-state index in [2.05, 4.69) is 29.6 Å². The van der Waals surface area contributed by atoms with Gasteiger partial charge in [0.15, 0.2) is 11.5 Å². The molecule has 0 atom stereocenters. The fourth-order valence-corrected chi connectivity index (χ4v) is 1.99. The number of hydrogen-bond donors (Lipinski definition) is 1. The van der Waals surface area contributed by atoms with E-state index in [1.807, 2.05) is 30.3 Å². The Morgan fingerprint density at radius 3 is 2.71 bits per heavy atom. The van der Waals surface area contributed by atoms with E-state index in [1.54, 1.807) is 20.4 Å². The molecule has 0 radical (unpaired) electrons. The molecule has 2 aromatic carbocycles. The third-order valence-electron chi connectivity index (χ3n) is 3.01. The highest BCUT2D eigenvalue weighted by atomic mass is 16.5. The van der Waals surface area contributed by atoms with Gasteiger partial charge in [0, 0.05) is 7.05 Å². The summed E-state index contributed by atoms with van der Waals surface area (Å²) < 4.78 is 11.2. The molecule has 0 unspecified atom stereocenters. The fraction of sp³-hybridized carbons (Fsp3) is 0.235. The minimum atomic E-state index is 0.516. The van der Waals surface area contributed by atoms with Crippen molar-refractivity contribution < 1.29 is 9.47 Å². The second-order valence-electron chi connectivity index (χ2n) is 4.67. The average Bonchev–Trinajstić information content (AvgIpc) is 2.51. The van der Waals surface area contributed by atoms with Crippen LogP contribution in [0.4, 0.5) is 0 Å². The van der Waals surface area contributed by atoms with E-state index in [0.29, 0.717) is 12.4 Å². The zero-order valence-corrected chi connectivity index (χ0v) is 12.6. The van der Waals surface area contributed by atoms with E-state index in [1.165, 1.54) is 5.56 Å². The lowest BCUT2D eigenvalue weighted by atomic mass is 10.1. The summed E-state index contributed by atoms with van der Waals surface area (Å²) in [4.78, 5) is 0. The van der Waals surface area contributed by atoms with Crippen molar-refractivity contribution in [3.63, 3.8) is 0 Å². The molecule has 21 heavy (non-hydrogen) atoms. The number of ether oxygens (including phenoxy) is 2. The van der Waals surface area contributed by atoms with Crippen LogP contribution in [-0.2, 0) is 6.61 Å². The number of nitrogens with one attached hydrogen (secondary N) is 1. The van der Waals surface area contributed by atoms with Crippen LogP contribution in [0.5, 0.6) is 11.5 Å². The highest BCUT2D eigenvalue weighted by Gasteiger charge is 2.05. The van der Waals surface area contributed by atoms with Crippen molar-refractivity contribution in [2.24, 2.45) is 5.10 Å². The lowest BCUT2D eigenvalue weighted by Gasteiger charge is -2.11. The quantitative estimate of drug-likeness (QED) is 0.654. The minimum Gasteiger partial charge on any atom is -0.493 e. The molecule has 0 aliphatic heterocycles. The molecule has 0 fully saturated rings. The molecule has 2 rings (SSSR count). The Hall–Kier alpha value is -2.49. The summed E-state index contributed by atoms with van der Waals surface area (Å²) in [6, 6.07) is 14.0. The molecule has 0 aliphatic carbocycles. The van der Waals surface area contributed by atoms with Crippen LogP contribution in [0.2, 0.25) is 0 Å². The van der Waals surface area contributed by atoms with Gasteiger partial charge in [0.05, 0.1) is 13.3 Å². The van der Waals surface area contributed by atoms with Crippen LogP contribution in [0.3, 0.4) is 0 Å². The molecule has 4 heteroatoms. The first-order valence-electron chi connectivity index (χ1n) is 6.79. The van der Waals surface area contributed by atoms with Crippen LogP contribution < -0.4 is 14.9 Å². The van der Waals surface area contributed by atoms with E-state index < -0.39 is 0 Å². The number of rotatable bonds is 6. The van der Waals surface area contributed by atoms with Crippen LogP contribution >= 0.6 is 0 Å². The Kier molecular flexibility index (Phi) is 5.21. The molecule has 0 saturated carbocycles. The average molecular weight is 284 g/mol. The Morgan fingerprint density at radius 1 is 1.14 bits per heavy atom. The molecular formula is C17H20N2O2. The highest BCUT2D eigenvalue weighted by Crippen LogP contribution is 2.28. The molecule has 0 heterocycles. The van der Waals surface area contributed by atoms with Crippen LogP contribution in [0.25, 0.3) is 0 Å². The van der Waals surface area contributed by atoms with Crippen molar-refractivity contribution in [1.29, 1.82) is 0 Å². The first-order chi connectivity index (χ1) is 10.2. The third-order valence-corrected chi connectivity index (χ3v) is 3.01. The molecule has 0 aromatic heterocycles. The number of hydrazone groups is 1. The molecule has 0 amide bonds. The largest absolute Gasteiger partial charge is 0.493 e. The van der Waals surface area contributed by atoms with Crippen molar-refractivity contribution in [1.82, 2.24) is 5.43 Å². The van der Waals surface area contributed by atoms with Crippen molar-refractivity contribution >= 4 is 6.21 Å². The van der Waals surface area contributed by atoms with Crippen molar-refractivity contribution in [3.8, 4) is 11.5 Å². The van der Waals surface area contributed by atoms with E-state index in [9.17, 15) is 0 Å². The van der Waals surface area contributed by atoms with E-state index in [-0.39, 0.29) is 0 Å². The van der Waals surface area contributed by atoms with Crippen LogP contribution in [0.1, 0.15) is 16.7 Å². The molecule has 0 spiro atoms. The normalized spacial score (nSPS) is 10.6. The molecule has 0 bridgehead atoms. The zero-order valence-electron chi connectivity index (χ0n) is 12.6. The molecule has 110 valence electrons.